The summed E-state index contributed by atoms with van der Waals surface area (Å²) in [6, 6.07) is 18.3. The van der Waals surface area contributed by atoms with Crippen molar-refractivity contribution in [2.24, 2.45) is 0 Å². The van der Waals surface area contributed by atoms with E-state index in [0.717, 1.165) is 17.9 Å². The summed E-state index contributed by atoms with van der Waals surface area (Å²) >= 11 is 1.85. The quantitative estimate of drug-likeness (QED) is 0.785. The molecule has 0 radical (unpaired) electrons. The Kier molecular flexibility index (Phi) is 4.49. The Bertz CT molecular complexity index is 673. The highest BCUT2D eigenvalue weighted by Gasteiger charge is 2.31. The predicted octanol–water partition coefficient (Wildman–Crippen LogP) is 4.87. The van der Waals surface area contributed by atoms with E-state index >= 15 is 0 Å². The molecule has 1 amide bonds. The second kappa shape index (κ2) is 6.40. The van der Waals surface area contributed by atoms with Gasteiger partial charge in [-0.3, -0.25) is 4.79 Å². The highest BCUT2D eigenvalue weighted by molar-refractivity contribution is 7.99. The molecule has 1 unspecified atom stereocenters. The van der Waals surface area contributed by atoms with E-state index in [-0.39, 0.29) is 16.7 Å². The van der Waals surface area contributed by atoms with Gasteiger partial charge in [0.2, 0.25) is 0 Å². The van der Waals surface area contributed by atoms with Gasteiger partial charge in [0.1, 0.15) is 5.37 Å². The van der Waals surface area contributed by atoms with Crippen LogP contribution in [0.15, 0.2) is 54.6 Å². The average molecular weight is 325 g/mol. The van der Waals surface area contributed by atoms with Crippen LogP contribution in [-0.4, -0.2) is 23.1 Å². The zero-order valence-electron chi connectivity index (χ0n) is 14.0. The fourth-order valence-electron chi connectivity index (χ4n) is 2.85. The van der Waals surface area contributed by atoms with Crippen molar-refractivity contribution in [1.82, 2.24) is 4.90 Å². The lowest BCUT2D eigenvalue weighted by molar-refractivity contribution is 0.0760. The second-order valence-corrected chi connectivity index (χ2v) is 8.15. The number of rotatable bonds is 2. The highest BCUT2D eigenvalue weighted by Crippen LogP contribution is 2.39. The number of carbonyl (C=O) groups excluding carboxylic acids is 1. The van der Waals surface area contributed by atoms with E-state index < -0.39 is 0 Å². The minimum atomic E-state index is 0.122. The van der Waals surface area contributed by atoms with Crippen molar-refractivity contribution in [3.63, 3.8) is 0 Å². The molecule has 1 aliphatic heterocycles. The van der Waals surface area contributed by atoms with Gasteiger partial charge in [0.15, 0.2) is 0 Å². The van der Waals surface area contributed by atoms with E-state index in [9.17, 15) is 4.79 Å². The monoisotopic (exact) mass is 325 g/mol. The third kappa shape index (κ3) is 3.45. The van der Waals surface area contributed by atoms with Crippen LogP contribution >= 0.6 is 11.8 Å². The molecule has 3 heteroatoms. The molecule has 1 heterocycles. The first-order chi connectivity index (χ1) is 11.0. The van der Waals surface area contributed by atoms with E-state index in [1.165, 1.54) is 11.1 Å². The molecule has 0 bridgehead atoms. The lowest BCUT2D eigenvalue weighted by Gasteiger charge is -2.25. The molecule has 3 rings (SSSR count). The number of benzene rings is 2. The molecule has 0 N–H and O–H groups in total. The van der Waals surface area contributed by atoms with Gasteiger partial charge in [0.05, 0.1) is 0 Å². The van der Waals surface area contributed by atoms with Crippen molar-refractivity contribution in [2.45, 2.75) is 31.6 Å². The zero-order chi connectivity index (χ0) is 16.4. The highest BCUT2D eigenvalue weighted by atomic mass is 32.2. The van der Waals surface area contributed by atoms with Gasteiger partial charge in [0.25, 0.3) is 5.91 Å². The molecular weight excluding hydrogens is 302 g/mol. The van der Waals surface area contributed by atoms with Gasteiger partial charge in [-0.2, -0.15) is 0 Å². The smallest absolute Gasteiger partial charge is 0.255 e. The summed E-state index contributed by atoms with van der Waals surface area (Å²) in [5.74, 6) is 1.12. The van der Waals surface area contributed by atoms with Crippen LogP contribution in [0.2, 0.25) is 0 Å². The summed E-state index contributed by atoms with van der Waals surface area (Å²) in [4.78, 5) is 14.8. The van der Waals surface area contributed by atoms with E-state index in [2.05, 4.69) is 45.0 Å². The Morgan fingerprint density at radius 1 is 1.04 bits per heavy atom. The molecule has 1 fully saturated rings. The van der Waals surface area contributed by atoms with Gasteiger partial charge in [0, 0.05) is 17.9 Å². The predicted molar refractivity (Wildman–Crippen MR) is 97.8 cm³/mol. The molecule has 23 heavy (non-hydrogen) atoms. The molecule has 0 saturated carbocycles. The van der Waals surface area contributed by atoms with Gasteiger partial charge >= 0.3 is 0 Å². The summed E-state index contributed by atoms with van der Waals surface area (Å²) in [5, 5.41) is 0.122. The van der Waals surface area contributed by atoms with E-state index in [1.54, 1.807) is 0 Å². The van der Waals surface area contributed by atoms with E-state index in [1.807, 2.05) is 47.0 Å². The topological polar surface area (TPSA) is 20.3 Å². The summed E-state index contributed by atoms with van der Waals surface area (Å²) < 4.78 is 0. The molecule has 120 valence electrons. The number of thioether (sulfide) groups is 1. The van der Waals surface area contributed by atoms with Gasteiger partial charge in [-0.1, -0.05) is 63.2 Å². The maximum absolute atomic E-state index is 12.8. The van der Waals surface area contributed by atoms with Crippen LogP contribution in [0.5, 0.6) is 0 Å². The van der Waals surface area contributed by atoms with Gasteiger partial charge in [-0.15, -0.1) is 11.8 Å². The minimum absolute atomic E-state index is 0.122. The Morgan fingerprint density at radius 3 is 2.30 bits per heavy atom. The maximum Gasteiger partial charge on any atom is 0.255 e. The zero-order valence-corrected chi connectivity index (χ0v) is 14.8. The molecular formula is C20H23NOS. The normalized spacial score (nSPS) is 18.2. The fraction of sp³-hybridized carbons (Fsp3) is 0.350. The number of hydrogen-bond donors (Lipinski definition) is 0. The van der Waals surface area contributed by atoms with Gasteiger partial charge in [-0.05, 0) is 28.7 Å². The first-order valence-electron chi connectivity index (χ1n) is 8.05. The van der Waals surface area contributed by atoms with Crippen molar-refractivity contribution in [3.05, 3.63) is 71.3 Å². The number of amides is 1. The SMILES string of the molecule is CC(C)(C)c1ccc(C2SCCN2C(=O)c2ccccc2)cc1. The first kappa shape index (κ1) is 16.1. The standard InChI is InChI=1S/C20H23NOS/c1-20(2,3)17-11-9-16(10-12-17)19-21(13-14-23-19)18(22)15-7-5-4-6-8-15/h4-12,19H,13-14H2,1-3H3. The Hall–Kier alpha value is -1.74. The minimum Gasteiger partial charge on any atom is -0.322 e. The number of carbonyl (C=O) groups is 1. The van der Waals surface area contributed by atoms with Crippen LogP contribution in [0.3, 0.4) is 0 Å². The molecule has 0 aromatic heterocycles. The van der Waals surface area contributed by atoms with Crippen molar-refractivity contribution in [1.29, 1.82) is 0 Å². The summed E-state index contributed by atoms with van der Waals surface area (Å²) in [6.45, 7) is 7.47. The molecule has 0 spiro atoms. The van der Waals surface area contributed by atoms with Gasteiger partial charge in [-0.25, -0.2) is 0 Å². The van der Waals surface area contributed by atoms with Crippen molar-refractivity contribution in [3.8, 4) is 0 Å². The average Bonchev–Trinajstić information content (AvgIpc) is 3.04. The summed E-state index contributed by atoms with van der Waals surface area (Å²) in [6.07, 6.45) is 0. The van der Waals surface area contributed by atoms with Crippen molar-refractivity contribution in [2.75, 3.05) is 12.3 Å². The third-order valence-electron chi connectivity index (χ3n) is 4.23. The summed E-state index contributed by atoms with van der Waals surface area (Å²) in [5.41, 5.74) is 3.46. The largest absolute Gasteiger partial charge is 0.322 e. The maximum atomic E-state index is 12.8. The Labute approximate surface area is 142 Å². The molecule has 1 saturated heterocycles. The molecule has 2 aromatic rings. The fourth-order valence-corrected chi connectivity index (χ4v) is 4.10. The lowest BCUT2D eigenvalue weighted by atomic mass is 9.86. The van der Waals surface area contributed by atoms with Crippen LogP contribution in [0.25, 0.3) is 0 Å². The Morgan fingerprint density at radius 2 is 1.70 bits per heavy atom. The molecule has 1 atom stereocenters. The summed E-state index contributed by atoms with van der Waals surface area (Å²) in [7, 11) is 0. The first-order valence-corrected chi connectivity index (χ1v) is 9.10. The molecule has 0 aliphatic carbocycles. The Balaban J connectivity index is 1.83. The van der Waals surface area contributed by atoms with E-state index in [0.29, 0.717) is 0 Å². The van der Waals surface area contributed by atoms with Crippen LogP contribution in [0.1, 0.15) is 47.6 Å². The number of hydrogen-bond acceptors (Lipinski definition) is 2. The van der Waals surface area contributed by atoms with Crippen LogP contribution in [-0.2, 0) is 5.41 Å². The van der Waals surface area contributed by atoms with Gasteiger partial charge < -0.3 is 4.90 Å². The second-order valence-electron chi connectivity index (χ2n) is 6.96. The van der Waals surface area contributed by atoms with Crippen LogP contribution in [0, 0.1) is 0 Å². The van der Waals surface area contributed by atoms with Crippen molar-refractivity contribution >= 4 is 17.7 Å². The molecule has 2 nitrogen and oxygen atoms in total. The molecule has 2 aromatic carbocycles. The van der Waals surface area contributed by atoms with E-state index in [4.69, 9.17) is 0 Å². The third-order valence-corrected chi connectivity index (χ3v) is 5.50. The lowest BCUT2D eigenvalue weighted by Crippen LogP contribution is -2.30. The van der Waals surface area contributed by atoms with Crippen LogP contribution < -0.4 is 0 Å². The van der Waals surface area contributed by atoms with Crippen LogP contribution in [0.4, 0.5) is 0 Å². The molecule has 1 aliphatic rings. The number of nitrogens with zero attached hydrogens (tertiary/aromatic N) is 1. The van der Waals surface area contributed by atoms with Crippen molar-refractivity contribution < 1.29 is 4.79 Å².